The standard InChI is InChI=1S/C20H27F3N4O3S/c1-27(18(29)8-6-4-2-3-5-7-11-24)13-17(28)26-19-25-15-10-9-14(12-16(15)31-19)30-20(21,22)23/h9-10,12H,2-8,11,13,24H2,1H3,(H,25,26,28). The molecule has 0 atom stereocenters. The van der Waals surface area contributed by atoms with Crippen molar-refractivity contribution in [3.05, 3.63) is 18.2 Å². The van der Waals surface area contributed by atoms with Crippen molar-refractivity contribution >= 4 is 38.5 Å². The van der Waals surface area contributed by atoms with Gasteiger partial charge in [-0.25, -0.2) is 4.98 Å². The number of likely N-dealkylation sites (N-methyl/N-ethyl adjacent to an activating group) is 1. The number of nitrogens with zero attached hydrogens (tertiary/aromatic N) is 2. The minimum atomic E-state index is -4.78. The summed E-state index contributed by atoms with van der Waals surface area (Å²) in [4.78, 5) is 29.9. The molecular weight excluding hydrogens is 433 g/mol. The van der Waals surface area contributed by atoms with Crippen LogP contribution in [0.2, 0.25) is 0 Å². The summed E-state index contributed by atoms with van der Waals surface area (Å²) >= 11 is 1.02. The van der Waals surface area contributed by atoms with Crippen LogP contribution in [0, 0.1) is 0 Å². The zero-order chi connectivity index (χ0) is 22.9. The van der Waals surface area contributed by atoms with Crippen molar-refractivity contribution in [2.45, 2.75) is 51.3 Å². The van der Waals surface area contributed by atoms with Crippen LogP contribution in [0.4, 0.5) is 18.3 Å². The second kappa shape index (κ2) is 11.8. The van der Waals surface area contributed by atoms with Crippen LogP contribution in [0.5, 0.6) is 5.75 Å². The number of thiazole rings is 1. The van der Waals surface area contributed by atoms with Crippen molar-refractivity contribution < 1.29 is 27.5 Å². The number of aromatic nitrogens is 1. The third kappa shape index (κ3) is 9.09. The zero-order valence-corrected chi connectivity index (χ0v) is 18.2. The smallest absolute Gasteiger partial charge is 0.406 e. The number of nitrogens with one attached hydrogen (secondary N) is 1. The first-order valence-electron chi connectivity index (χ1n) is 10.1. The molecule has 1 aromatic carbocycles. The number of amides is 2. The lowest BCUT2D eigenvalue weighted by Crippen LogP contribution is -2.34. The second-order valence-corrected chi connectivity index (χ2v) is 8.18. The van der Waals surface area contributed by atoms with Crippen LogP contribution in [-0.4, -0.2) is 48.2 Å². The predicted octanol–water partition coefficient (Wildman–Crippen LogP) is 4.28. The SMILES string of the molecule is CN(CC(=O)Nc1nc2ccc(OC(F)(F)F)cc2s1)C(=O)CCCCCCCCN. The highest BCUT2D eigenvalue weighted by Crippen LogP contribution is 2.31. The summed E-state index contributed by atoms with van der Waals surface area (Å²) in [7, 11) is 1.56. The van der Waals surface area contributed by atoms with E-state index in [1.807, 2.05) is 0 Å². The van der Waals surface area contributed by atoms with Crippen LogP contribution < -0.4 is 15.8 Å². The lowest BCUT2D eigenvalue weighted by atomic mass is 10.1. The number of anilines is 1. The predicted molar refractivity (Wildman–Crippen MR) is 114 cm³/mol. The lowest BCUT2D eigenvalue weighted by molar-refractivity contribution is -0.274. The molecule has 0 saturated heterocycles. The van der Waals surface area contributed by atoms with E-state index in [1.54, 1.807) is 7.05 Å². The summed E-state index contributed by atoms with van der Waals surface area (Å²) in [5, 5.41) is 2.82. The number of unbranched alkanes of at least 4 members (excludes halogenated alkanes) is 5. The van der Waals surface area contributed by atoms with Gasteiger partial charge >= 0.3 is 6.36 Å². The molecule has 1 heterocycles. The van der Waals surface area contributed by atoms with E-state index in [-0.39, 0.29) is 23.3 Å². The summed E-state index contributed by atoms with van der Waals surface area (Å²) in [6.45, 7) is 0.573. The molecule has 0 radical (unpaired) electrons. The fourth-order valence-corrected chi connectivity index (χ4v) is 3.85. The molecule has 0 bridgehead atoms. The number of hydrogen-bond acceptors (Lipinski definition) is 6. The van der Waals surface area contributed by atoms with Crippen LogP contribution in [0.25, 0.3) is 10.2 Å². The van der Waals surface area contributed by atoms with E-state index < -0.39 is 12.3 Å². The Morgan fingerprint density at radius 2 is 1.84 bits per heavy atom. The molecule has 172 valence electrons. The van der Waals surface area contributed by atoms with Gasteiger partial charge in [-0.05, 0) is 31.5 Å². The zero-order valence-electron chi connectivity index (χ0n) is 17.3. The fourth-order valence-electron chi connectivity index (χ4n) is 2.94. The number of alkyl halides is 3. The van der Waals surface area contributed by atoms with E-state index in [0.29, 0.717) is 23.2 Å². The number of ether oxygens (including phenoxy) is 1. The number of benzene rings is 1. The number of fused-ring (bicyclic) bond motifs is 1. The Labute approximate surface area is 182 Å². The topological polar surface area (TPSA) is 97.5 Å². The third-order valence-electron chi connectivity index (χ3n) is 4.49. The molecule has 2 aromatic rings. The second-order valence-electron chi connectivity index (χ2n) is 7.15. The monoisotopic (exact) mass is 460 g/mol. The van der Waals surface area contributed by atoms with Crippen LogP contribution in [0.3, 0.4) is 0 Å². The van der Waals surface area contributed by atoms with Crippen molar-refractivity contribution in [1.82, 2.24) is 9.88 Å². The summed E-state index contributed by atoms with van der Waals surface area (Å²) in [5.74, 6) is -0.898. The first kappa shape index (κ1) is 24.9. The van der Waals surface area contributed by atoms with Crippen molar-refractivity contribution in [2.24, 2.45) is 5.73 Å². The first-order chi connectivity index (χ1) is 14.7. The summed E-state index contributed by atoms with van der Waals surface area (Å²) in [6.07, 6.45) is 1.62. The Hall–Kier alpha value is -2.40. The maximum absolute atomic E-state index is 12.3. The van der Waals surface area contributed by atoms with Gasteiger partial charge in [-0.15, -0.1) is 13.2 Å². The molecule has 2 rings (SSSR count). The molecule has 0 spiro atoms. The van der Waals surface area contributed by atoms with E-state index in [0.717, 1.165) is 55.9 Å². The molecule has 31 heavy (non-hydrogen) atoms. The van der Waals surface area contributed by atoms with E-state index in [4.69, 9.17) is 5.73 Å². The molecule has 11 heteroatoms. The third-order valence-corrected chi connectivity index (χ3v) is 5.42. The van der Waals surface area contributed by atoms with Crippen molar-refractivity contribution in [2.75, 3.05) is 25.5 Å². The maximum atomic E-state index is 12.3. The molecule has 1 aromatic heterocycles. The molecule has 2 amide bonds. The first-order valence-corrected chi connectivity index (χ1v) is 10.9. The molecule has 0 aliphatic rings. The van der Waals surface area contributed by atoms with E-state index in [1.165, 1.54) is 17.0 Å². The van der Waals surface area contributed by atoms with Gasteiger partial charge in [0, 0.05) is 19.5 Å². The summed E-state index contributed by atoms with van der Waals surface area (Å²) in [5.41, 5.74) is 5.88. The molecule has 0 saturated carbocycles. The number of nitrogens with two attached hydrogens (primary N) is 1. The average Bonchev–Trinajstić information content (AvgIpc) is 3.06. The van der Waals surface area contributed by atoms with Crippen LogP contribution in [0.15, 0.2) is 18.2 Å². The molecule has 3 N–H and O–H groups in total. The highest BCUT2D eigenvalue weighted by Gasteiger charge is 2.31. The van der Waals surface area contributed by atoms with Crippen LogP contribution in [0.1, 0.15) is 44.9 Å². The number of rotatable bonds is 12. The maximum Gasteiger partial charge on any atom is 0.573 e. The molecule has 0 unspecified atom stereocenters. The lowest BCUT2D eigenvalue weighted by Gasteiger charge is -2.16. The summed E-state index contributed by atoms with van der Waals surface area (Å²) in [6, 6.07) is 3.75. The number of carbonyl (C=O) groups is 2. The number of halogens is 3. The van der Waals surface area contributed by atoms with E-state index >= 15 is 0 Å². The van der Waals surface area contributed by atoms with Crippen molar-refractivity contribution in [1.29, 1.82) is 0 Å². The van der Waals surface area contributed by atoms with E-state index in [2.05, 4.69) is 15.0 Å². The highest BCUT2D eigenvalue weighted by molar-refractivity contribution is 7.22. The van der Waals surface area contributed by atoms with Gasteiger partial charge < -0.3 is 20.7 Å². The Morgan fingerprint density at radius 3 is 2.52 bits per heavy atom. The number of hydrogen-bond donors (Lipinski definition) is 2. The molecular formula is C20H27F3N4O3S. The minimum absolute atomic E-state index is 0.115. The average molecular weight is 461 g/mol. The highest BCUT2D eigenvalue weighted by atomic mass is 32.1. The summed E-state index contributed by atoms with van der Waals surface area (Å²) < 4.78 is 41.3. The minimum Gasteiger partial charge on any atom is -0.406 e. The van der Waals surface area contributed by atoms with Crippen molar-refractivity contribution in [3.63, 3.8) is 0 Å². The molecule has 0 aliphatic carbocycles. The van der Waals surface area contributed by atoms with Gasteiger partial charge in [-0.3, -0.25) is 9.59 Å². The number of carbonyl (C=O) groups excluding carboxylic acids is 2. The van der Waals surface area contributed by atoms with Crippen LogP contribution >= 0.6 is 11.3 Å². The molecule has 0 fully saturated rings. The van der Waals surface area contributed by atoms with Gasteiger partial charge in [-0.1, -0.05) is 37.0 Å². The Kier molecular flexibility index (Phi) is 9.50. The Morgan fingerprint density at radius 1 is 1.16 bits per heavy atom. The molecule has 7 nitrogen and oxygen atoms in total. The van der Waals surface area contributed by atoms with Gasteiger partial charge in [0.05, 0.1) is 16.8 Å². The van der Waals surface area contributed by atoms with Crippen molar-refractivity contribution in [3.8, 4) is 5.75 Å². The van der Waals surface area contributed by atoms with Gasteiger partial charge in [-0.2, -0.15) is 0 Å². The van der Waals surface area contributed by atoms with Gasteiger partial charge in [0.15, 0.2) is 5.13 Å². The largest absolute Gasteiger partial charge is 0.573 e. The van der Waals surface area contributed by atoms with Gasteiger partial charge in [0.2, 0.25) is 11.8 Å². The van der Waals surface area contributed by atoms with Crippen LogP contribution in [-0.2, 0) is 9.59 Å². The normalized spacial score (nSPS) is 11.5. The Balaban J connectivity index is 1.78. The Bertz CT molecular complexity index is 873. The van der Waals surface area contributed by atoms with E-state index in [9.17, 15) is 22.8 Å². The molecule has 0 aliphatic heterocycles. The quantitative estimate of drug-likeness (QED) is 0.461. The van der Waals surface area contributed by atoms with Gasteiger partial charge in [0.25, 0.3) is 0 Å². The fraction of sp³-hybridized carbons (Fsp3) is 0.550. The van der Waals surface area contributed by atoms with Gasteiger partial charge in [0.1, 0.15) is 5.75 Å².